The van der Waals surface area contributed by atoms with Gasteiger partial charge in [-0.1, -0.05) is 18.2 Å². The second kappa shape index (κ2) is 10.4. The molecule has 1 aliphatic heterocycles. The molecule has 5 rings (SSSR count). The molecule has 1 saturated heterocycles. The van der Waals surface area contributed by atoms with E-state index < -0.39 is 11.9 Å². The van der Waals surface area contributed by atoms with Crippen molar-refractivity contribution in [2.75, 3.05) is 38.1 Å². The van der Waals surface area contributed by atoms with E-state index in [4.69, 9.17) is 4.74 Å². The predicted octanol–water partition coefficient (Wildman–Crippen LogP) is 3.24. The topological polar surface area (TPSA) is 103 Å². The number of piperazine rings is 1. The summed E-state index contributed by atoms with van der Waals surface area (Å²) in [6.45, 7) is 4.91. The van der Waals surface area contributed by atoms with E-state index in [0.717, 1.165) is 5.56 Å². The molecule has 1 fully saturated rings. The lowest BCUT2D eigenvalue weighted by atomic mass is 10.1. The van der Waals surface area contributed by atoms with Gasteiger partial charge in [0, 0.05) is 39.8 Å². The fraction of sp³-hybridized carbons (Fsp3) is 0.259. The number of hydrogen-bond acceptors (Lipinski definition) is 7. The van der Waals surface area contributed by atoms with Crippen LogP contribution in [0.15, 0.2) is 59.4 Å². The highest BCUT2D eigenvalue weighted by atomic mass is 19.1. The summed E-state index contributed by atoms with van der Waals surface area (Å²) in [5.41, 5.74) is 2.75. The van der Waals surface area contributed by atoms with Gasteiger partial charge in [0.2, 0.25) is 5.95 Å². The quantitative estimate of drug-likeness (QED) is 0.390. The number of ether oxygens (including phenoxy) is 1. The molecule has 10 heteroatoms. The first-order valence-corrected chi connectivity index (χ1v) is 12.0. The Labute approximate surface area is 212 Å². The predicted molar refractivity (Wildman–Crippen MR) is 139 cm³/mol. The molecule has 2 aromatic heterocycles. The van der Waals surface area contributed by atoms with Gasteiger partial charge in [-0.05, 0) is 48.9 Å². The zero-order valence-electron chi connectivity index (χ0n) is 20.6. The molecule has 190 valence electrons. The number of nitrogens with zero attached hydrogens (tertiary/aromatic N) is 4. The SMILES string of the molecule is CNC(=O)c1ccc(N2CCN(Cc3cc(Oc4ccccc4)c4nc(C)c(=O)[nH]c4c3)CC2)c(F)n1. The average Bonchev–Trinajstić information content (AvgIpc) is 2.90. The van der Waals surface area contributed by atoms with E-state index in [1.165, 1.54) is 13.1 Å². The number of pyridine rings is 1. The Morgan fingerprint density at radius 1 is 1.08 bits per heavy atom. The summed E-state index contributed by atoms with van der Waals surface area (Å²) < 4.78 is 20.8. The molecule has 0 spiro atoms. The molecule has 0 unspecified atom stereocenters. The summed E-state index contributed by atoms with van der Waals surface area (Å²) in [5, 5.41) is 2.45. The number of rotatable bonds is 6. The number of halogens is 1. The molecular formula is C27H27FN6O3. The highest BCUT2D eigenvalue weighted by Crippen LogP contribution is 2.30. The van der Waals surface area contributed by atoms with Crippen LogP contribution in [0.5, 0.6) is 11.5 Å². The van der Waals surface area contributed by atoms with Crippen molar-refractivity contribution >= 4 is 22.6 Å². The number of carbonyl (C=O) groups excluding carboxylic acids is 1. The Morgan fingerprint density at radius 3 is 2.54 bits per heavy atom. The Balaban J connectivity index is 1.33. The molecule has 0 bridgehead atoms. The number of amides is 1. The van der Waals surface area contributed by atoms with Gasteiger partial charge in [-0.2, -0.15) is 4.39 Å². The van der Waals surface area contributed by atoms with Crippen LogP contribution in [0.1, 0.15) is 21.7 Å². The molecule has 4 aromatic rings. The van der Waals surface area contributed by atoms with Gasteiger partial charge in [0.25, 0.3) is 11.5 Å². The number of nitrogens with one attached hydrogen (secondary N) is 2. The van der Waals surface area contributed by atoms with Crippen LogP contribution in [0.4, 0.5) is 10.1 Å². The highest BCUT2D eigenvalue weighted by molar-refractivity contribution is 5.92. The summed E-state index contributed by atoms with van der Waals surface area (Å²) in [4.78, 5) is 39.4. The number of H-pyrrole nitrogens is 1. The standard InChI is InChI=1S/C27H27FN6O3/c1-17-26(35)32-21-14-18(15-23(24(21)30-17)37-19-6-4-3-5-7-19)16-33-10-12-34(13-11-33)22-9-8-20(27(36)29-2)31-25(22)28/h3-9,14-15H,10-13,16H2,1-2H3,(H,29,36)(H,32,35). The van der Waals surface area contributed by atoms with E-state index in [-0.39, 0.29) is 11.3 Å². The molecule has 0 aliphatic carbocycles. The van der Waals surface area contributed by atoms with Crippen molar-refractivity contribution in [1.29, 1.82) is 0 Å². The van der Waals surface area contributed by atoms with E-state index in [0.29, 0.717) is 66.6 Å². The maximum atomic E-state index is 14.6. The number of hydrogen-bond donors (Lipinski definition) is 2. The summed E-state index contributed by atoms with van der Waals surface area (Å²) in [6.07, 6.45) is 0. The number of aryl methyl sites for hydroxylation is 1. The van der Waals surface area contributed by atoms with Crippen molar-refractivity contribution in [3.05, 3.63) is 87.9 Å². The number of aromatic amines is 1. The summed E-state index contributed by atoms with van der Waals surface area (Å²) in [6, 6.07) is 16.4. The van der Waals surface area contributed by atoms with Crippen LogP contribution < -0.4 is 20.5 Å². The van der Waals surface area contributed by atoms with Gasteiger partial charge in [-0.25, -0.2) is 9.97 Å². The third kappa shape index (κ3) is 5.29. The van der Waals surface area contributed by atoms with Crippen molar-refractivity contribution in [3.63, 3.8) is 0 Å². The fourth-order valence-electron chi connectivity index (χ4n) is 4.41. The van der Waals surface area contributed by atoms with Gasteiger partial charge < -0.3 is 19.9 Å². The van der Waals surface area contributed by atoms with Crippen LogP contribution in [0.2, 0.25) is 0 Å². The van der Waals surface area contributed by atoms with Gasteiger partial charge in [-0.3, -0.25) is 14.5 Å². The van der Waals surface area contributed by atoms with Crippen molar-refractivity contribution in [3.8, 4) is 11.5 Å². The van der Waals surface area contributed by atoms with Crippen LogP contribution in [0.25, 0.3) is 11.0 Å². The van der Waals surface area contributed by atoms with Crippen molar-refractivity contribution < 1.29 is 13.9 Å². The van der Waals surface area contributed by atoms with Crippen LogP contribution >= 0.6 is 0 Å². The first kappa shape index (κ1) is 24.4. The Hall–Kier alpha value is -4.31. The molecule has 0 saturated carbocycles. The van der Waals surface area contributed by atoms with Gasteiger partial charge in [0.1, 0.15) is 22.7 Å². The minimum atomic E-state index is -0.654. The van der Waals surface area contributed by atoms with E-state index >= 15 is 0 Å². The number of carbonyl (C=O) groups is 1. The Kier molecular flexibility index (Phi) is 6.82. The van der Waals surface area contributed by atoms with Crippen molar-refractivity contribution in [2.45, 2.75) is 13.5 Å². The van der Waals surface area contributed by atoms with Crippen LogP contribution in [0.3, 0.4) is 0 Å². The smallest absolute Gasteiger partial charge is 0.269 e. The molecule has 0 radical (unpaired) electrons. The van der Waals surface area contributed by atoms with Gasteiger partial charge in [0.15, 0.2) is 5.75 Å². The fourth-order valence-corrected chi connectivity index (χ4v) is 4.41. The molecule has 0 atom stereocenters. The molecule has 2 N–H and O–H groups in total. The van der Waals surface area contributed by atoms with Gasteiger partial charge in [-0.15, -0.1) is 0 Å². The lowest BCUT2D eigenvalue weighted by Crippen LogP contribution is -2.46. The lowest BCUT2D eigenvalue weighted by molar-refractivity contribution is 0.0957. The summed E-state index contributed by atoms with van der Waals surface area (Å²) in [7, 11) is 1.48. The van der Waals surface area contributed by atoms with Gasteiger partial charge >= 0.3 is 0 Å². The number of aromatic nitrogens is 3. The van der Waals surface area contributed by atoms with Crippen molar-refractivity contribution in [1.82, 2.24) is 25.2 Å². The van der Waals surface area contributed by atoms with E-state index in [2.05, 4.69) is 25.2 Å². The maximum Gasteiger partial charge on any atom is 0.269 e. The molecule has 1 amide bonds. The second-order valence-electron chi connectivity index (χ2n) is 8.91. The zero-order valence-corrected chi connectivity index (χ0v) is 20.6. The number of para-hydroxylation sites is 1. The average molecular weight is 503 g/mol. The summed E-state index contributed by atoms with van der Waals surface area (Å²) in [5.74, 6) is 0.172. The van der Waals surface area contributed by atoms with Crippen LogP contribution in [0, 0.1) is 12.9 Å². The van der Waals surface area contributed by atoms with Crippen LogP contribution in [-0.2, 0) is 6.54 Å². The lowest BCUT2D eigenvalue weighted by Gasteiger charge is -2.36. The Morgan fingerprint density at radius 2 is 1.84 bits per heavy atom. The molecule has 37 heavy (non-hydrogen) atoms. The third-order valence-electron chi connectivity index (χ3n) is 6.37. The Bertz CT molecular complexity index is 1500. The molecule has 2 aromatic carbocycles. The van der Waals surface area contributed by atoms with E-state index in [1.807, 2.05) is 47.4 Å². The van der Waals surface area contributed by atoms with Crippen LogP contribution in [-0.4, -0.2) is 59.0 Å². The first-order chi connectivity index (χ1) is 17.9. The maximum absolute atomic E-state index is 14.6. The largest absolute Gasteiger partial charge is 0.455 e. The highest BCUT2D eigenvalue weighted by Gasteiger charge is 2.22. The zero-order chi connectivity index (χ0) is 25.9. The monoisotopic (exact) mass is 502 g/mol. The number of anilines is 1. The molecule has 9 nitrogen and oxygen atoms in total. The number of benzene rings is 2. The minimum Gasteiger partial charge on any atom is -0.455 e. The third-order valence-corrected chi connectivity index (χ3v) is 6.37. The number of fused-ring (bicyclic) bond motifs is 1. The molecule has 3 heterocycles. The van der Waals surface area contributed by atoms with E-state index in [9.17, 15) is 14.0 Å². The normalized spacial score (nSPS) is 14.1. The molecular weight excluding hydrogens is 475 g/mol. The van der Waals surface area contributed by atoms with E-state index in [1.54, 1.807) is 13.0 Å². The summed E-state index contributed by atoms with van der Waals surface area (Å²) >= 11 is 0. The minimum absolute atomic E-state index is 0.0509. The first-order valence-electron chi connectivity index (χ1n) is 12.0. The van der Waals surface area contributed by atoms with Gasteiger partial charge in [0.05, 0.1) is 11.2 Å². The molecule has 1 aliphatic rings. The second-order valence-corrected chi connectivity index (χ2v) is 8.91. The van der Waals surface area contributed by atoms with Crippen molar-refractivity contribution in [2.24, 2.45) is 0 Å².